The van der Waals surface area contributed by atoms with E-state index in [-0.39, 0.29) is 5.91 Å². The smallest absolute Gasteiger partial charge is 0.284 e. The first-order valence-electron chi connectivity index (χ1n) is 7.92. The second kappa shape index (κ2) is 6.55. The zero-order chi connectivity index (χ0) is 16.4. The number of ether oxygens (including phenoxy) is 1. The molecule has 1 aliphatic heterocycles. The average Bonchev–Trinajstić information content (AvgIpc) is 2.95. The number of likely N-dealkylation sites (N-methyl/N-ethyl adjacent to an activating group) is 1. The van der Waals surface area contributed by atoms with Crippen LogP contribution in [-0.2, 0) is 6.42 Å². The molecular formula is C16H23N5O2. The number of aryl methyl sites for hydroxylation is 1. The zero-order valence-electron chi connectivity index (χ0n) is 13.9. The number of nitrogens with one attached hydrogen (secondary N) is 1. The first-order chi connectivity index (χ1) is 11.1. The number of rotatable bonds is 4. The van der Waals surface area contributed by atoms with Crippen LogP contribution < -0.4 is 10.2 Å². The summed E-state index contributed by atoms with van der Waals surface area (Å²) in [5.41, 5.74) is 5.05. The molecule has 7 nitrogen and oxygen atoms in total. The third-order valence-corrected chi connectivity index (χ3v) is 4.22. The molecule has 3 rings (SSSR count). The minimum Gasteiger partial charge on any atom is -0.493 e. The van der Waals surface area contributed by atoms with Crippen LogP contribution in [0.25, 0.3) is 5.65 Å². The number of imidazole rings is 1. The molecule has 0 bridgehead atoms. The first kappa shape index (κ1) is 15.8. The predicted octanol–water partition coefficient (Wildman–Crippen LogP) is 0.797. The number of nitrogens with zero attached hydrogens (tertiary/aromatic N) is 4. The molecule has 0 spiro atoms. The van der Waals surface area contributed by atoms with Gasteiger partial charge in [0.25, 0.3) is 5.91 Å². The Bertz CT molecular complexity index is 704. The topological polar surface area (TPSA) is 62.1 Å². The number of aromatic nitrogens is 2. The molecule has 1 N–H and O–H groups in total. The van der Waals surface area contributed by atoms with Crippen molar-refractivity contribution in [3.63, 3.8) is 0 Å². The fourth-order valence-electron chi connectivity index (χ4n) is 2.85. The van der Waals surface area contributed by atoms with Crippen LogP contribution >= 0.6 is 0 Å². The predicted molar refractivity (Wildman–Crippen MR) is 87.7 cm³/mol. The second-order valence-corrected chi connectivity index (χ2v) is 5.76. The summed E-state index contributed by atoms with van der Waals surface area (Å²) < 4.78 is 7.16. The second-order valence-electron chi connectivity index (χ2n) is 5.76. The number of piperazine rings is 1. The molecule has 0 aromatic carbocycles. The standard InChI is InChI=1S/C16H23N5O2/c1-4-12-14(16(22)18-20-10-8-19(2)9-11-20)21-7-5-6-13(23-3)15(21)17-12/h5-7H,4,8-11H2,1-3H3,(H,18,22). The van der Waals surface area contributed by atoms with E-state index in [0.29, 0.717) is 23.5 Å². The minimum absolute atomic E-state index is 0.118. The fraction of sp³-hybridized carbons (Fsp3) is 0.500. The van der Waals surface area contributed by atoms with E-state index in [1.54, 1.807) is 7.11 Å². The van der Waals surface area contributed by atoms with Crippen molar-refractivity contribution < 1.29 is 9.53 Å². The van der Waals surface area contributed by atoms with Gasteiger partial charge in [-0.2, -0.15) is 0 Å². The van der Waals surface area contributed by atoms with E-state index in [1.165, 1.54) is 0 Å². The monoisotopic (exact) mass is 317 g/mol. The lowest BCUT2D eigenvalue weighted by Gasteiger charge is -2.32. The molecule has 2 aromatic rings. The Hall–Kier alpha value is -2.12. The van der Waals surface area contributed by atoms with Gasteiger partial charge in [0.15, 0.2) is 11.4 Å². The van der Waals surface area contributed by atoms with Gasteiger partial charge in [-0.1, -0.05) is 6.92 Å². The molecule has 1 saturated heterocycles. The molecule has 3 heterocycles. The number of hydrogen-bond donors (Lipinski definition) is 1. The van der Waals surface area contributed by atoms with Gasteiger partial charge in [-0.3, -0.25) is 14.6 Å². The van der Waals surface area contributed by atoms with E-state index < -0.39 is 0 Å². The highest BCUT2D eigenvalue weighted by atomic mass is 16.5. The largest absolute Gasteiger partial charge is 0.493 e. The normalized spacial score (nSPS) is 16.7. The number of carbonyl (C=O) groups excluding carboxylic acids is 1. The SMILES string of the molecule is CCc1nc2c(OC)cccn2c1C(=O)NN1CCN(C)CC1. The first-order valence-corrected chi connectivity index (χ1v) is 7.92. The number of amides is 1. The van der Waals surface area contributed by atoms with E-state index in [0.717, 1.165) is 31.9 Å². The van der Waals surface area contributed by atoms with Gasteiger partial charge in [-0.25, -0.2) is 9.99 Å². The van der Waals surface area contributed by atoms with Crippen molar-refractivity contribution in [2.45, 2.75) is 13.3 Å². The van der Waals surface area contributed by atoms with Crippen LogP contribution in [0, 0.1) is 0 Å². The highest BCUT2D eigenvalue weighted by Crippen LogP contribution is 2.22. The molecule has 2 aromatic heterocycles. The third-order valence-electron chi connectivity index (χ3n) is 4.22. The Labute approximate surface area is 135 Å². The van der Waals surface area contributed by atoms with Crippen molar-refractivity contribution >= 4 is 11.6 Å². The van der Waals surface area contributed by atoms with Gasteiger partial charge >= 0.3 is 0 Å². The van der Waals surface area contributed by atoms with Crippen LogP contribution in [0.1, 0.15) is 23.1 Å². The Kier molecular flexibility index (Phi) is 4.49. The van der Waals surface area contributed by atoms with Gasteiger partial charge in [0.2, 0.25) is 0 Å². The van der Waals surface area contributed by atoms with Crippen LogP contribution in [0.15, 0.2) is 18.3 Å². The lowest BCUT2D eigenvalue weighted by Crippen LogP contribution is -2.52. The van der Waals surface area contributed by atoms with Crippen LogP contribution in [0.5, 0.6) is 5.75 Å². The van der Waals surface area contributed by atoms with Gasteiger partial charge in [-0.15, -0.1) is 0 Å². The van der Waals surface area contributed by atoms with Crippen LogP contribution in [0.4, 0.5) is 0 Å². The van der Waals surface area contributed by atoms with Crippen molar-refractivity contribution in [3.05, 3.63) is 29.7 Å². The molecular weight excluding hydrogens is 294 g/mol. The fourth-order valence-corrected chi connectivity index (χ4v) is 2.85. The summed E-state index contributed by atoms with van der Waals surface area (Å²) in [6.45, 7) is 5.54. The summed E-state index contributed by atoms with van der Waals surface area (Å²) in [6, 6.07) is 3.71. The van der Waals surface area contributed by atoms with Crippen molar-refractivity contribution in [2.75, 3.05) is 40.3 Å². The Morgan fingerprint density at radius 3 is 2.74 bits per heavy atom. The van der Waals surface area contributed by atoms with E-state index in [1.807, 2.05) is 34.7 Å². The van der Waals surface area contributed by atoms with Crippen LogP contribution in [-0.4, -0.2) is 65.5 Å². The van der Waals surface area contributed by atoms with Crippen molar-refractivity contribution in [2.24, 2.45) is 0 Å². The molecule has 124 valence electrons. The molecule has 0 atom stereocenters. The Morgan fingerprint density at radius 1 is 1.35 bits per heavy atom. The summed E-state index contributed by atoms with van der Waals surface area (Å²) in [4.78, 5) is 19.6. The maximum absolute atomic E-state index is 12.8. The number of carbonyl (C=O) groups is 1. The summed E-state index contributed by atoms with van der Waals surface area (Å²) in [5.74, 6) is 0.549. The Balaban J connectivity index is 1.90. The van der Waals surface area contributed by atoms with Gasteiger partial charge in [0.05, 0.1) is 12.8 Å². The van der Waals surface area contributed by atoms with Gasteiger partial charge in [0, 0.05) is 32.4 Å². The maximum Gasteiger partial charge on any atom is 0.284 e. The lowest BCUT2D eigenvalue weighted by atomic mass is 10.2. The molecule has 0 unspecified atom stereocenters. The number of fused-ring (bicyclic) bond motifs is 1. The average molecular weight is 317 g/mol. The third kappa shape index (κ3) is 3.02. The molecule has 0 radical (unpaired) electrons. The summed E-state index contributed by atoms with van der Waals surface area (Å²) in [5, 5.41) is 1.97. The molecule has 7 heteroatoms. The molecule has 1 amide bonds. The minimum atomic E-state index is -0.118. The van der Waals surface area contributed by atoms with Crippen LogP contribution in [0.3, 0.4) is 0 Å². The summed E-state index contributed by atoms with van der Waals surface area (Å²) in [7, 11) is 3.70. The molecule has 1 aliphatic rings. The Morgan fingerprint density at radius 2 is 2.09 bits per heavy atom. The maximum atomic E-state index is 12.8. The van der Waals surface area contributed by atoms with E-state index in [9.17, 15) is 4.79 Å². The molecule has 1 fully saturated rings. The van der Waals surface area contributed by atoms with Gasteiger partial charge in [-0.05, 0) is 25.6 Å². The van der Waals surface area contributed by atoms with E-state index >= 15 is 0 Å². The number of pyridine rings is 1. The summed E-state index contributed by atoms with van der Waals surface area (Å²) in [6.07, 6.45) is 2.54. The van der Waals surface area contributed by atoms with Crippen molar-refractivity contribution in [3.8, 4) is 5.75 Å². The quantitative estimate of drug-likeness (QED) is 0.904. The number of hydrazine groups is 1. The zero-order valence-corrected chi connectivity index (χ0v) is 13.9. The lowest BCUT2D eigenvalue weighted by molar-refractivity contribution is 0.0656. The van der Waals surface area contributed by atoms with E-state index in [2.05, 4.69) is 22.4 Å². The highest BCUT2D eigenvalue weighted by molar-refractivity contribution is 5.94. The number of methoxy groups -OCH3 is 1. The molecule has 23 heavy (non-hydrogen) atoms. The van der Waals surface area contributed by atoms with E-state index in [4.69, 9.17) is 4.74 Å². The summed E-state index contributed by atoms with van der Waals surface area (Å²) >= 11 is 0. The van der Waals surface area contributed by atoms with Gasteiger partial charge < -0.3 is 9.64 Å². The number of hydrogen-bond acceptors (Lipinski definition) is 5. The highest BCUT2D eigenvalue weighted by Gasteiger charge is 2.23. The molecule has 0 aliphatic carbocycles. The van der Waals surface area contributed by atoms with Gasteiger partial charge in [0.1, 0.15) is 5.69 Å². The van der Waals surface area contributed by atoms with Crippen molar-refractivity contribution in [1.82, 2.24) is 24.7 Å². The van der Waals surface area contributed by atoms with Crippen LogP contribution in [0.2, 0.25) is 0 Å². The van der Waals surface area contributed by atoms with Crippen molar-refractivity contribution in [1.29, 1.82) is 0 Å². The molecule has 0 saturated carbocycles.